The zero-order valence-corrected chi connectivity index (χ0v) is 14.5. The van der Waals surface area contributed by atoms with Gasteiger partial charge in [0, 0.05) is 17.5 Å². The van der Waals surface area contributed by atoms with Gasteiger partial charge in [-0.1, -0.05) is 24.3 Å². The average Bonchev–Trinajstić information content (AvgIpc) is 3.16. The van der Waals surface area contributed by atoms with Crippen molar-refractivity contribution >= 4 is 16.8 Å². The van der Waals surface area contributed by atoms with Crippen LogP contribution in [0.3, 0.4) is 0 Å². The lowest BCUT2D eigenvalue weighted by Gasteiger charge is -2.24. The minimum absolute atomic E-state index is 0.0290. The monoisotopic (exact) mass is 368 g/mol. The summed E-state index contributed by atoms with van der Waals surface area (Å²) < 4.78 is 28.7. The van der Waals surface area contributed by atoms with Gasteiger partial charge in [-0.2, -0.15) is 0 Å². The average molecular weight is 368 g/mol. The summed E-state index contributed by atoms with van der Waals surface area (Å²) in [5.74, 6) is -1.37. The van der Waals surface area contributed by atoms with Crippen LogP contribution in [0.2, 0.25) is 0 Å². The summed E-state index contributed by atoms with van der Waals surface area (Å²) in [6.07, 6.45) is 1.52. The zero-order chi connectivity index (χ0) is 19.0. The van der Waals surface area contributed by atoms with Crippen molar-refractivity contribution in [2.75, 3.05) is 13.2 Å². The van der Waals surface area contributed by atoms with Crippen LogP contribution in [-0.2, 0) is 0 Å². The number of fused-ring (bicyclic) bond motifs is 1. The molecule has 0 spiro atoms. The lowest BCUT2D eigenvalue weighted by atomic mass is 10.0. The molecule has 1 aliphatic rings. The van der Waals surface area contributed by atoms with E-state index < -0.39 is 11.6 Å². The molecule has 6 heteroatoms. The first kappa shape index (κ1) is 17.5. The Morgan fingerprint density at radius 3 is 2.70 bits per heavy atom. The smallest absolute Gasteiger partial charge is 0.254 e. The highest BCUT2D eigenvalue weighted by Crippen LogP contribution is 2.30. The molecule has 1 fully saturated rings. The maximum absolute atomic E-state index is 14.4. The van der Waals surface area contributed by atoms with Crippen LogP contribution in [0.4, 0.5) is 8.78 Å². The lowest BCUT2D eigenvalue weighted by molar-refractivity contribution is 0.0679. The summed E-state index contributed by atoms with van der Waals surface area (Å²) in [6.45, 7) is 0.404. The lowest BCUT2D eigenvalue weighted by Crippen LogP contribution is -2.37. The van der Waals surface area contributed by atoms with Crippen molar-refractivity contribution in [3.63, 3.8) is 0 Å². The van der Waals surface area contributed by atoms with Crippen LogP contribution in [0.25, 0.3) is 22.2 Å². The second kappa shape index (κ2) is 7.04. The molecular formula is C21H18F2N2O2. The Balaban J connectivity index is 1.92. The Kier molecular flexibility index (Phi) is 4.58. The molecule has 0 saturated carbocycles. The maximum Gasteiger partial charge on any atom is 0.254 e. The summed E-state index contributed by atoms with van der Waals surface area (Å²) in [6, 6.07) is 11.7. The van der Waals surface area contributed by atoms with E-state index in [0.29, 0.717) is 11.9 Å². The largest absolute Gasteiger partial charge is 0.394 e. The molecule has 1 aromatic heterocycles. The molecule has 1 aliphatic heterocycles. The van der Waals surface area contributed by atoms with Crippen molar-refractivity contribution in [1.82, 2.24) is 9.88 Å². The Bertz CT molecular complexity index is 1020. The topological polar surface area (TPSA) is 53.4 Å². The SMILES string of the molecule is O=C(c1cc(-c2ccccc2F)nc2c(F)cccc12)N1CCCC1CO. The Hall–Kier alpha value is -2.86. The molecule has 0 bridgehead atoms. The van der Waals surface area contributed by atoms with Crippen LogP contribution in [0.15, 0.2) is 48.5 Å². The summed E-state index contributed by atoms with van der Waals surface area (Å²) in [7, 11) is 0. The van der Waals surface area contributed by atoms with Gasteiger partial charge in [-0.05, 0) is 37.1 Å². The third kappa shape index (κ3) is 3.06. The number of hydrogen-bond donors (Lipinski definition) is 1. The highest BCUT2D eigenvalue weighted by molar-refractivity contribution is 6.07. The van der Waals surface area contributed by atoms with Gasteiger partial charge in [0.25, 0.3) is 5.91 Å². The maximum atomic E-state index is 14.4. The van der Waals surface area contributed by atoms with Gasteiger partial charge < -0.3 is 10.0 Å². The van der Waals surface area contributed by atoms with Gasteiger partial charge >= 0.3 is 0 Å². The summed E-state index contributed by atoms with van der Waals surface area (Å²) in [5.41, 5.74) is 0.699. The number of amides is 1. The molecule has 1 saturated heterocycles. The number of likely N-dealkylation sites (tertiary alicyclic amines) is 1. The van der Waals surface area contributed by atoms with Crippen LogP contribution in [0.1, 0.15) is 23.2 Å². The first-order chi connectivity index (χ1) is 13.1. The standard InChI is InChI=1S/C21H18F2N2O2/c22-17-8-2-1-6-15(17)19-11-16(14-7-3-9-18(23)20(14)24-19)21(27)25-10-4-5-13(25)12-26/h1-3,6-9,11,13,26H,4-5,10,12H2. The van der Waals surface area contributed by atoms with E-state index in [1.54, 1.807) is 29.2 Å². The molecule has 4 rings (SSSR count). The van der Waals surface area contributed by atoms with E-state index >= 15 is 0 Å². The molecule has 0 radical (unpaired) electrons. The summed E-state index contributed by atoms with van der Waals surface area (Å²) in [4.78, 5) is 19.1. The molecule has 27 heavy (non-hydrogen) atoms. The van der Waals surface area contributed by atoms with Crippen LogP contribution in [0.5, 0.6) is 0 Å². The molecule has 2 heterocycles. The van der Waals surface area contributed by atoms with Crippen LogP contribution in [0, 0.1) is 11.6 Å². The Morgan fingerprint density at radius 2 is 1.93 bits per heavy atom. The number of para-hydroxylation sites is 1. The Labute approximate surface area is 155 Å². The van der Waals surface area contributed by atoms with Crippen molar-refractivity contribution in [3.05, 3.63) is 65.7 Å². The summed E-state index contributed by atoms with van der Waals surface area (Å²) >= 11 is 0. The number of aliphatic hydroxyl groups is 1. The zero-order valence-electron chi connectivity index (χ0n) is 14.5. The number of rotatable bonds is 3. The fourth-order valence-electron chi connectivity index (χ4n) is 3.64. The van der Waals surface area contributed by atoms with Gasteiger partial charge in [-0.3, -0.25) is 4.79 Å². The van der Waals surface area contributed by atoms with Crippen molar-refractivity contribution in [1.29, 1.82) is 0 Å². The van der Waals surface area contributed by atoms with E-state index in [9.17, 15) is 18.7 Å². The molecule has 138 valence electrons. The fraction of sp³-hybridized carbons (Fsp3) is 0.238. The minimum Gasteiger partial charge on any atom is -0.394 e. The van der Waals surface area contributed by atoms with E-state index in [1.165, 1.54) is 24.3 Å². The van der Waals surface area contributed by atoms with Gasteiger partial charge in [0.1, 0.15) is 17.2 Å². The molecule has 1 atom stereocenters. The molecule has 2 aromatic carbocycles. The molecular weight excluding hydrogens is 350 g/mol. The van der Waals surface area contributed by atoms with E-state index in [2.05, 4.69) is 4.98 Å². The highest BCUT2D eigenvalue weighted by atomic mass is 19.1. The fourth-order valence-corrected chi connectivity index (χ4v) is 3.64. The number of pyridine rings is 1. The molecule has 1 N–H and O–H groups in total. The first-order valence-corrected chi connectivity index (χ1v) is 8.86. The van der Waals surface area contributed by atoms with Crippen LogP contribution >= 0.6 is 0 Å². The summed E-state index contributed by atoms with van der Waals surface area (Å²) in [5, 5.41) is 9.92. The quantitative estimate of drug-likeness (QED) is 0.766. The normalized spacial score (nSPS) is 16.9. The van der Waals surface area contributed by atoms with E-state index in [0.717, 1.165) is 12.8 Å². The second-order valence-corrected chi connectivity index (χ2v) is 6.65. The van der Waals surface area contributed by atoms with Crippen molar-refractivity contribution in [2.45, 2.75) is 18.9 Å². The third-order valence-electron chi connectivity index (χ3n) is 5.02. The number of aliphatic hydroxyl groups excluding tert-OH is 1. The molecule has 1 unspecified atom stereocenters. The number of carbonyl (C=O) groups is 1. The van der Waals surface area contributed by atoms with Crippen LogP contribution < -0.4 is 0 Å². The molecule has 4 nitrogen and oxygen atoms in total. The number of carbonyl (C=O) groups excluding carboxylic acids is 1. The van der Waals surface area contributed by atoms with Gasteiger partial charge in [0.05, 0.1) is 23.9 Å². The number of benzene rings is 2. The number of nitrogens with zero attached hydrogens (tertiary/aromatic N) is 2. The molecule has 0 aliphatic carbocycles. The number of aromatic nitrogens is 1. The second-order valence-electron chi connectivity index (χ2n) is 6.65. The molecule has 1 amide bonds. The third-order valence-corrected chi connectivity index (χ3v) is 5.02. The first-order valence-electron chi connectivity index (χ1n) is 8.86. The van der Waals surface area contributed by atoms with Gasteiger partial charge in [-0.15, -0.1) is 0 Å². The minimum atomic E-state index is -0.570. The van der Waals surface area contributed by atoms with Crippen LogP contribution in [-0.4, -0.2) is 40.1 Å². The van der Waals surface area contributed by atoms with E-state index in [-0.39, 0.29) is 40.9 Å². The predicted octanol–water partition coefficient (Wildman–Crippen LogP) is 3.78. The number of halogens is 2. The predicted molar refractivity (Wildman–Crippen MR) is 98.2 cm³/mol. The van der Waals surface area contributed by atoms with Gasteiger partial charge in [0.15, 0.2) is 0 Å². The molecule has 3 aromatic rings. The Morgan fingerprint density at radius 1 is 1.15 bits per heavy atom. The van der Waals surface area contributed by atoms with E-state index in [1.807, 2.05) is 0 Å². The van der Waals surface area contributed by atoms with Crippen molar-refractivity contribution in [3.8, 4) is 11.3 Å². The van der Waals surface area contributed by atoms with Gasteiger partial charge in [-0.25, -0.2) is 13.8 Å². The number of hydrogen-bond acceptors (Lipinski definition) is 3. The highest BCUT2D eigenvalue weighted by Gasteiger charge is 2.30. The van der Waals surface area contributed by atoms with Gasteiger partial charge in [0.2, 0.25) is 0 Å². The van der Waals surface area contributed by atoms with Crippen molar-refractivity contribution in [2.24, 2.45) is 0 Å². The van der Waals surface area contributed by atoms with Crippen molar-refractivity contribution < 1.29 is 18.7 Å². The van der Waals surface area contributed by atoms with E-state index in [4.69, 9.17) is 0 Å².